The first kappa shape index (κ1) is 17.9. The summed E-state index contributed by atoms with van der Waals surface area (Å²) in [6.45, 7) is 3.83. The van der Waals surface area contributed by atoms with Crippen LogP contribution in [0.3, 0.4) is 0 Å². The maximum absolute atomic E-state index is 11.0. The molecule has 1 aliphatic heterocycles. The SMILES string of the molecule is CCc1nc2sc(C(c3ccc([N+](=O)[O-])cc3)N3CCCCC3)c(O)n2n1. The van der Waals surface area contributed by atoms with Crippen molar-refractivity contribution in [2.75, 3.05) is 13.1 Å². The molecule has 0 spiro atoms. The summed E-state index contributed by atoms with van der Waals surface area (Å²) < 4.78 is 1.50. The fraction of sp³-hybridized carbons (Fsp3) is 0.444. The lowest BCUT2D eigenvalue weighted by atomic mass is 10.00. The van der Waals surface area contributed by atoms with Gasteiger partial charge in [-0.1, -0.05) is 36.8 Å². The number of aryl methyl sites for hydroxylation is 1. The van der Waals surface area contributed by atoms with Crippen LogP contribution in [0.1, 0.15) is 48.5 Å². The van der Waals surface area contributed by atoms with E-state index >= 15 is 0 Å². The van der Waals surface area contributed by atoms with Crippen LogP contribution in [-0.2, 0) is 6.42 Å². The third-order valence-electron chi connectivity index (χ3n) is 4.98. The molecule has 1 aliphatic rings. The van der Waals surface area contributed by atoms with Gasteiger partial charge in [0.05, 0.1) is 15.8 Å². The minimum atomic E-state index is -0.396. The van der Waals surface area contributed by atoms with Crippen LogP contribution >= 0.6 is 11.3 Å². The van der Waals surface area contributed by atoms with Crippen LogP contribution in [0.5, 0.6) is 5.88 Å². The van der Waals surface area contributed by atoms with Crippen LogP contribution < -0.4 is 0 Å². The number of nitrogens with zero attached hydrogens (tertiary/aromatic N) is 5. The number of nitro benzene ring substituents is 1. The third-order valence-corrected chi connectivity index (χ3v) is 6.06. The Kier molecular flexibility index (Phi) is 4.79. The van der Waals surface area contributed by atoms with E-state index in [4.69, 9.17) is 0 Å². The lowest BCUT2D eigenvalue weighted by Crippen LogP contribution is -2.34. The van der Waals surface area contributed by atoms with Crippen molar-refractivity contribution in [2.24, 2.45) is 0 Å². The molecule has 1 aromatic carbocycles. The fourth-order valence-electron chi connectivity index (χ4n) is 3.60. The molecule has 3 aromatic rings. The van der Waals surface area contributed by atoms with E-state index in [0.29, 0.717) is 17.2 Å². The smallest absolute Gasteiger partial charge is 0.269 e. The van der Waals surface area contributed by atoms with Crippen molar-refractivity contribution in [3.8, 4) is 5.88 Å². The maximum Gasteiger partial charge on any atom is 0.269 e. The van der Waals surface area contributed by atoms with Gasteiger partial charge in [0.1, 0.15) is 0 Å². The Balaban J connectivity index is 1.79. The minimum Gasteiger partial charge on any atom is -0.492 e. The molecule has 0 radical (unpaired) electrons. The van der Waals surface area contributed by atoms with Gasteiger partial charge in [0, 0.05) is 18.6 Å². The molecule has 2 aromatic heterocycles. The second-order valence-corrected chi connectivity index (χ2v) is 7.72. The molecule has 0 amide bonds. The monoisotopic (exact) mass is 387 g/mol. The zero-order valence-electron chi connectivity index (χ0n) is 15.0. The minimum absolute atomic E-state index is 0.0654. The van der Waals surface area contributed by atoms with Gasteiger partial charge in [0.25, 0.3) is 5.69 Å². The highest BCUT2D eigenvalue weighted by Crippen LogP contribution is 2.41. The number of thiazole rings is 1. The van der Waals surface area contributed by atoms with E-state index in [2.05, 4.69) is 15.0 Å². The summed E-state index contributed by atoms with van der Waals surface area (Å²) in [6.07, 6.45) is 4.11. The van der Waals surface area contributed by atoms with E-state index in [0.717, 1.165) is 36.4 Å². The van der Waals surface area contributed by atoms with Crippen molar-refractivity contribution in [2.45, 2.75) is 38.6 Å². The molecular formula is C18H21N5O3S. The van der Waals surface area contributed by atoms with E-state index in [9.17, 15) is 15.2 Å². The molecule has 1 saturated heterocycles. The summed E-state index contributed by atoms with van der Waals surface area (Å²) in [7, 11) is 0. The fourth-order valence-corrected chi connectivity index (χ4v) is 4.74. The number of non-ortho nitro benzene ring substituents is 1. The van der Waals surface area contributed by atoms with E-state index in [-0.39, 0.29) is 17.6 Å². The Morgan fingerprint density at radius 1 is 1.26 bits per heavy atom. The van der Waals surface area contributed by atoms with Gasteiger partial charge in [-0.05, 0) is 31.5 Å². The van der Waals surface area contributed by atoms with E-state index in [1.54, 1.807) is 12.1 Å². The highest BCUT2D eigenvalue weighted by Gasteiger charge is 2.30. The molecule has 142 valence electrons. The van der Waals surface area contributed by atoms with Crippen molar-refractivity contribution in [1.82, 2.24) is 19.5 Å². The molecule has 27 heavy (non-hydrogen) atoms. The number of hydrogen-bond donors (Lipinski definition) is 1. The average molecular weight is 387 g/mol. The Morgan fingerprint density at radius 2 is 1.96 bits per heavy atom. The molecule has 3 heterocycles. The molecule has 0 saturated carbocycles. The summed E-state index contributed by atoms with van der Waals surface area (Å²) >= 11 is 1.43. The number of likely N-dealkylation sites (tertiary alicyclic amines) is 1. The number of aromatic nitrogens is 3. The number of piperidine rings is 1. The Bertz CT molecular complexity index is 959. The number of hydrogen-bond acceptors (Lipinski definition) is 7. The molecular weight excluding hydrogens is 366 g/mol. The summed E-state index contributed by atoms with van der Waals surface area (Å²) in [5, 5.41) is 26.2. The molecule has 1 unspecified atom stereocenters. The van der Waals surface area contributed by atoms with Crippen molar-refractivity contribution >= 4 is 22.0 Å². The maximum atomic E-state index is 11.0. The molecule has 8 nitrogen and oxygen atoms in total. The summed E-state index contributed by atoms with van der Waals surface area (Å²) in [4.78, 5) is 18.8. The summed E-state index contributed by atoms with van der Waals surface area (Å²) in [5.74, 6) is 0.809. The largest absolute Gasteiger partial charge is 0.492 e. The lowest BCUT2D eigenvalue weighted by molar-refractivity contribution is -0.384. The zero-order chi connectivity index (χ0) is 19.0. The molecule has 0 aliphatic carbocycles. The first-order chi connectivity index (χ1) is 13.1. The van der Waals surface area contributed by atoms with Gasteiger partial charge < -0.3 is 5.11 Å². The quantitative estimate of drug-likeness (QED) is 0.531. The standard InChI is InChI=1S/C18H21N5O3S/c1-2-14-19-18-22(20-14)17(24)16(27-18)15(21-10-4-3-5-11-21)12-6-8-13(9-7-12)23(25)26/h6-9,15,24H,2-5,10-11H2,1H3. The topological polar surface area (TPSA) is 96.8 Å². The molecule has 0 bridgehead atoms. The van der Waals surface area contributed by atoms with Crippen LogP contribution in [0.25, 0.3) is 4.96 Å². The van der Waals surface area contributed by atoms with E-state index < -0.39 is 4.92 Å². The predicted molar refractivity (Wildman–Crippen MR) is 102 cm³/mol. The Morgan fingerprint density at radius 3 is 2.56 bits per heavy atom. The highest BCUT2D eigenvalue weighted by atomic mass is 32.1. The van der Waals surface area contributed by atoms with Gasteiger partial charge in [-0.15, -0.1) is 5.10 Å². The second-order valence-electron chi connectivity index (χ2n) is 6.71. The Hall–Kier alpha value is -2.52. The number of fused-ring (bicyclic) bond motifs is 1. The first-order valence-corrected chi connectivity index (χ1v) is 9.96. The van der Waals surface area contributed by atoms with Gasteiger partial charge in [0.15, 0.2) is 5.82 Å². The Labute approximate surface area is 160 Å². The number of rotatable bonds is 5. The molecule has 4 rings (SSSR count). The van der Waals surface area contributed by atoms with Crippen LogP contribution in [0, 0.1) is 10.1 Å². The number of aromatic hydroxyl groups is 1. The first-order valence-electron chi connectivity index (χ1n) is 9.14. The zero-order valence-corrected chi connectivity index (χ0v) is 15.9. The third kappa shape index (κ3) is 3.28. The summed E-state index contributed by atoms with van der Waals surface area (Å²) in [6, 6.07) is 6.45. The molecule has 1 atom stereocenters. The predicted octanol–water partition coefficient (Wildman–Crippen LogP) is 3.54. The van der Waals surface area contributed by atoms with Gasteiger partial charge in [-0.3, -0.25) is 15.0 Å². The van der Waals surface area contributed by atoms with E-state index in [1.165, 1.54) is 34.4 Å². The molecule has 1 N–H and O–H groups in total. The second kappa shape index (κ2) is 7.24. The van der Waals surface area contributed by atoms with Crippen molar-refractivity contribution < 1.29 is 10.0 Å². The van der Waals surface area contributed by atoms with Crippen LogP contribution in [0.2, 0.25) is 0 Å². The summed E-state index contributed by atoms with van der Waals surface area (Å²) in [5.41, 5.74) is 0.994. The van der Waals surface area contributed by atoms with Crippen LogP contribution in [0.15, 0.2) is 24.3 Å². The van der Waals surface area contributed by atoms with Crippen molar-refractivity contribution in [1.29, 1.82) is 0 Å². The normalized spacial score (nSPS) is 16.6. The van der Waals surface area contributed by atoms with Crippen LogP contribution in [-0.4, -0.2) is 42.6 Å². The van der Waals surface area contributed by atoms with Gasteiger partial charge in [-0.25, -0.2) is 4.98 Å². The molecule has 1 fully saturated rings. The van der Waals surface area contributed by atoms with E-state index in [1.807, 2.05) is 6.92 Å². The highest BCUT2D eigenvalue weighted by molar-refractivity contribution is 7.17. The van der Waals surface area contributed by atoms with Crippen LogP contribution in [0.4, 0.5) is 5.69 Å². The molecule has 9 heteroatoms. The number of benzene rings is 1. The lowest BCUT2D eigenvalue weighted by Gasteiger charge is -2.34. The van der Waals surface area contributed by atoms with Crippen molar-refractivity contribution in [3.05, 3.63) is 50.6 Å². The van der Waals surface area contributed by atoms with Gasteiger partial charge >= 0.3 is 0 Å². The van der Waals surface area contributed by atoms with Gasteiger partial charge in [0.2, 0.25) is 10.8 Å². The number of nitro groups is 1. The van der Waals surface area contributed by atoms with Gasteiger partial charge in [-0.2, -0.15) is 4.52 Å². The van der Waals surface area contributed by atoms with Crippen molar-refractivity contribution in [3.63, 3.8) is 0 Å². The average Bonchev–Trinajstić information content (AvgIpc) is 3.23.